The lowest BCUT2D eigenvalue weighted by molar-refractivity contribution is -0.115. The number of halogens is 2. The van der Waals surface area contributed by atoms with Crippen LogP contribution in [0.3, 0.4) is 0 Å². The Morgan fingerprint density at radius 2 is 2.25 bits per heavy atom. The van der Waals surface area contributed by atoms with E-state index in [9.17, 15) is 9.18 Å². The van der Waals surface area contributed by atoms with Crippen molar-refractivity contribution in [2.45, 2.75) is 23.4 Å². The monoisotopic (exact) mass is 331 g/mol. The molecule has 0 aliphatic carbocycles. The summed E-state index contributed by atoms with van der Waals surface area (Å²) < 4.78 is 13.7. The van der Waals surface area contributed by atoms with E-state index in [0.717, 1.165) is 15.4 Å². The summed E-state index contributed by atoms with van der Waals surface area (Å²) in [6.07, 6.45) is 0. The van der Waals surface area contributed by atoms with Crippen LogP contribution in [0.2, 0.25) is 5.02 Å². The van der Waals surface area contributed by atoms with Crippen molar-refractivity contribution in [1.82, 2.24) is 10.2 Å². The standard InChI is InChI=1S/C12H11ClFN3OS2/c1-6(19-12-17-16-7(2)20-12)11(18)15-10-4-3-8(14)5-9(10)13/h3-6H,1-2H3,(H,15,18). The first kappa shape index (κ1) is 15.2. The van der Waals surface area contributed by atoms with Gasteiger partial charge in [0, 0.05) is 0 Å². The van der Waals surface area contributed by atoms with E-state index in [4.69, 9.17) is 11.6 Å². The predicted molar refractivity (Wildman–Crippen MR) is 80.0 cm³/mol. The number of amides is 1. The predicted octanol–water partition coefficient (Wildman–Crippen LogP) is 3.76. The first-order chi connectivity index (χ1) is 9.45. The van der Waals surface area contributed by atoms with Gasteiger partial charge in [-0.3, -0.25) is 4.79 Å². The average Bonchev–Trinajstić information content (AvgIpc) is 2.78. The van der Waals surface area contributed by atoms with Gasteiger partial charge in [-0.25, -0.2) is 4.39 Å². The Morgan fingerprint density at radius 1 is 1.50 bits per heavy atom. The van der Waals surface area contributed by atoms with Gasteiger partial charge >= 0.3 is 0 Å². The van der Waals surface area contributed by atoms with E-state index in [0.29, 0.717) is 5.69 Å². The molecule has 20 heavy (non-hydrogen) atoms. The van der Waals surface area contributed by atoms with Crippen LogP contribution < -0.4 is 5.32 Å². The van der Waals surface area contributed by atoms with Crippen molar-refractivity contribution in [3.8, 4) is 0 Å². The largest absolute Gasteiger partial charge is 0.324 e. The van der Waals surface area contributed by atoms with Gasteiger partial charge in [0.2, 0.25) is 5.91 Å². The second kappa shape index (κ2) is 6.51. The van der Waals surface area contributed by atoms with E-state index in [-0.39, 0.29) is 16.2 Å². The quantitative estimate of drug-likeness (QED) is 0.867. The number of hydrogen-bond acceptors (Lipinski definition) is 5. The highest BCUT2D eigenvalue weighted by Crippen LogP contribution is 2.28. The summed E-state index contributed by atoms with van der Waals surface area (Å²) >= 11 is 8.61. The fraction of sp³-hybridized carbons (Fsp3) is 0.250. The van der Waals surface area contributed by atoms with Crippen LogP contribution in [0.1, 0.15) is 11.9 Å². The van der Waals surface area contributed by atoms with Crippen LogP contribution in [0.15, 0.2) is 22.5 Å². The zero-order valence-corrected chi connectivity index (χ0v) is 13.1. The molecule has 2 aromatic rings. The van der Waals surface area contributed by atoms with Crippen molar-refractivity contribution in [2.24, 2.45) is 0 Å². The fourth-order valence-electron chi connectivity index (χ4n) is 1.36. The normalized spacial score (nSPS) is 12.2. The molecule has 0 spiro atoms. The van der Waals surface area contributed by atoms with Crippen molar-refractivity contribution in [3.63, 3.8) is 0 Å². The summed E-state index contributed by atoms with van der Waals surface area (Å²) in [7, 11) is 0. The lowest BCUT2D eigenvalue weighted by Crippen LogP contribution is -2.22. The van der Waals surface area contributed by atoms with Gasteiger partial charge in [-0.15, -0.1) is 10.2 Å². The topological polar surface area (TPSA) is 54.9 Å². The Kier molecular flexibility index (Phi) is 4.95. The van der Waals surface area contributed by atoms with Gasteiger partial charge in [0.05, 0.1) is 16.0 Å². The highest BCUT2D eigenvalue weighted by atomic mass is 35.5. The third-order valence-corrected chi connectivity index (χ3v) is 4.68. The second-order valence-corrected chi connectivity index (χ2v) is 7.14. The first-order valence-corrected chi connectivity index (χ1v) is 7.76. The van der Waals surface area contributed by atoms with Crippen LogP contribution in [-0.4, -0.2) is 21.4 Å². The smallest absolute Gasteiger partial charge is 0.237 e. The van der Waals surface area contributed by atoms with E-state index >= 15 is 0 Å². The summed E-state index contributed by atoms with van der Waals surface area (Å²) in [5.41, 5.74) is 0.388. The van der Waals surface area contributed by atoms with Crippen LogP contribution in [0.25, 0.3) is 0 Å². The molecule has 1 N–H and O–H groups in total. The molecular formula is C12H11ClFN3OS2. The van der Waals surface area contributed by atoms with E-state index in [1.54, 1.807) is 6.92 Å². The zero-order valence-electron chi connectivity index (χ0n) is 10.7. The summed E-state index contributed by atoms with van der Waals surface area (Å²) in [4.78, 5) is 12.0. The van der Waals surface area contributed by atoms with Crippen molar-refractivity contribution in [2.75, 3.05) is 5.32 Å². The number of carbonyl (C=O) groups is 1. The third kappa shape index (κ3) is 3.91. The minimum Gasteiger partial charge on any atom is -0.324 e. The van der Waals surface area contributed by atoms with Crippen molar-refractivity contribution >= 4 is 46.3 Å². The van der Waals surface area contributed by atoms with Gasteiger partial charge in [-0.05, 0) is 32.0 Å². The maximum Gasteiger partial charge on any atom is 0.237 e. The van der Waals surface area contributed by atoms with Gasteiger partial charge in [0.1, 0.15) is 10.8 Å². The number of aromatic nitrogens is 2. The Balaban J connectivity index is 2.00. The molecule has 4 nitrogen and oxygen atoms in total. The lowest BCUT2D eigenvalue weighted by atomic mass is 10.3. The molecule has 8 heteroatoms. The van der Waals surface area contributed by atoms with Crippen molar-refractivity contribution in [3.05, 3.63) is 34.0 Å². The first-order valence-electron chi connectivity index (χ1n) is 5.68. The molecule has 1 heterocycles. The van der Waals surface area contributed by atoms with Crippen LogP contribution in [0.5, 0.6) is 0 Å². The highest BCUT2D eigenvalue weighted by Gasteiger charge is 2.17. The van der Waals surface area contributed by atoms with Gasteiger partial charge in [0.15, 0.2) is 4.34 Å². The number of nitrogens with one attached hydrogen (secondary N) is 1. The fourth-order valence-corrected chi connectivity index (χ4v) is 3.53. The molecule has 1 aromatic heterocycles. The summed E-state index contributed by atoms with van der Waals surface area (Å²) in [5.74, 6) is -0.670. The number of hydrogen-bond donors (Lipinski definition) is 1. The molecule has 0 saturated carbocycles. The number of rotatable bonds is 4. The van der Waals surface area contributed by atoms with Crippen molar-refractivity contribution < 1.29 is 9.18 Å². The van der Waals surface area contributed by atoms with Gasteiger partial charge in [0.25, 0.3) is 0 Å². The molecule has 1 unspecified atom stereocenters. The summed E-state index contributed by atoms with van der Waals surface area (Å²) in [6, 6.07) is 3.83. The molecule has 106 valence electrons. The van der Waals surface area contributed by atoms with Crippen LogP contribution in [0.4, 0.5) is 10.1 Å². The number of carbonyl (C=O) groups excluding carboxylic acids is 1. The molecule has 0 aliphatic heterocycles. The maximum atomic E-state index is 12.9. The average molecular weight is 332 g/mol. The van der Waals surface area contributed by atoms with Crippen LogP contribution >= 0.6 is 34.7 Å². The molecule has 1 aromatic carbocycles. The second-order valence-electron chi connectivity index (χ2n) is 3.96. The molecule has 0 saturated heterocycles. The number of aryl methyl sites for hydroxylation is 1. The van der Waals surface area contributed by atoms with Crippen LogP contribution in [0, 0.1) is 12.7 Å². The Bertz CT molecular complexity index is 635. The Hall–Kier alpha value is -1.18. The van der Waals surface area contributed by atoms with E-state index < -0.39 is 5.82 Å². The van der Waals surface area contributed by atoms with E-state index in [1.807, 2.05) is 6.92 Å². The van der Waals surface area contributed by atoms with E-state index in [2.05, 4.69) is 15.5 Å². The molecule has 0 radical (unpaired) electrons. The van der Waals surface area contributed by atoms with E-state index in [1.165, 1.54) is 35.2 Å². The molecule has 0 fully saturated rings. The maximum absolute atomic E-state index is 12.9. The molecule has 2 rings (SSSR count). The third-order valence-electron chi connectivity index (χ3n) is 2.34. The van der Waals surface area contributed by atoms with Gasteiger partial charge < -0.3 is 5.32 Å². The minimum absolute atomic E-state index is 0.169. The molecule has 1 amide bonds. The number of anilines is 1. The highest BCUT2D eigenvalue weighted by molar-refractivity contribution is 8.02. The van der Waals surface area contributed by atoms with Crippen molar-refractivity contribution in [1.29, 1.82) is 0 Å². The SMILES string of the molecule is Cc1nnc(SC(C)C(=O)Nc2ccc(F)cc2Cl)s1. The minimum atomic E-state index is -0.445. The Labute approximate surface area is 128 Å². The number of benzene rings is 1. The van der Waals surface area contributed by atoms with Gasteiger partial charge in [-0.1, -0.05) is 34.7 Å². The zero-order chi connectivity index (χ0) is 14.7. The molecule has 0 bridgehead atoms. The lowest BCUT2D eigenvalue weighted by Gasteiger charge is -2.11. The molecule has 0 aliphatic rings. The molecule has 1 atom stereocenters. The summed E-state index contributed by atoms with van der Waals surface area (Å²) in [6.45, 7) is 3.61. The number of nitrogens with zero attached hydrogens (tertiary/aromatic N) is 2. The van der Waals surface area contributed by atoms with Crippen LogP contribution in [-0.2, 0) is 4.79 Å². The Morgan fingerprint density at radius 3 is 2.85 bits per heavy atom. The number of thioether (sulfide) groups is 1. The molecular weight excluding hydrogens is 321 g/mol. The summed E-state index contributed by atoms with van der Waals surface area (Å²) in [5, 5.41) is 11.2. The van der Waals surface area contributed by atoms with Gasteiger partial charge in [-0.2, -0.15) is 0 Å².